The number of carbonyl (C=O) groups is 1. The van der Waals surface area contributed by atoms with Crippen molar-refractivity contribution in [1.29, 1.82) is 0 Å². The van der Waals surface area contributed by atoms with E-state index in [9.17, 15) is 9.90 Å². The van der Waals surface area contributed by atoms with Crippen molar-refractivity contribution in [1.82, 2.24) is 5.32 Å². The van der Waals surface area contributed by atoms with Gasteiger partial charge in [0.1, 0.15) is 11.5 Å². The molecule has 2 aromatic rings. The number of furan rings is 1. The lowest BCUT2D eigenvalue weighted by molar-refractivity contribution is -0.944. The first-order valence-electron chi connectivity index (χ1n) is 12.8. The normalized spacial score (nSPS) is 27.3. The molecule has 9 heteroatoms. The number of methoxy groups -OCH3 is 1. The van der Waals surface area contributed by atoms with Gasteiger partial charge in [0.05, 0.1) is 58.8 Å². The maximum atomic E-state index is 13.6. The van der Waals surface area contributed by atoms with Gasteiger partial charge in [-0.2, -0.15) is 0 Å². The molecule has 0 saturated carbocycles. The zero-order valence-electron chi connectivity index (χ0n) is 20.9. The lowest BCUT2D eigenvalue weighted by Crippen LogP contribution is -3.00. The lowest BCUT2D eigenvalue weighted by Gasteiger charge is -2.53. The molecule has 5 heterocycles. The smallest absolute Gasteiger partial charge is 0.260 e. The second-order valence-corrected chi connectivity index (χ2v) is 10.3. The van der Waals surface area contributed by atoms with E-state index in [1.165, 1.54) is 6.26 Å². The van der Waals surface area contributed by atoms with Crippen LogP contribution in [-0.4, -0.2) is 74.3 Å². The Labute approximate surface area is 223 Å². The molecule has 0 radical (unpaired) electrons. The van der Waals surface area contributed by atoms with Crippen LogP contribution >= 0.6 is 0 Å². The second kappa shape index (κ2) is 11.6. The van der Waals surface area contributed by atoms with Crippen LogP contribution in [-0.2, 0) is 26.3 Å². The Morgan fingerprint density at radius 2 is 1.89 bits per heavy atom. The zero-order valence-corrected chi connectivity index (χ0v) is 22.5. The average Bonchev–Trinajstić information content (AvgIpc) is 3.62. The second-order valence-electron chi connectivity index (χ2n) is 10.3. The van der Waals surface area contributed by atoms with E-state index in [4.69, 9.17) is 18.6 Å². The van der Waals surface area contributed by atoms with Crippen molar-refractivity contribution in [3.05, 3.63) is 54.0 Å². The first kappa shape index (κ1) is 27.1. The minimum atomic E-state index is -1.73. The minimum Gasteiger partial charge on any atom is -1.00 e. The molecule has 0 spiro atoms. The van der Waals surface area contributed by atoms with Crippen molar-refractivity contribution in [2.45, 2.75) is 50.0 Å². The van der Waals surface area contributed by atoms with Gasteiger partial charge in [0.15, 0.2) is 6.29 Å². The SMILES string of the molecule is COc1ccc(CCC(O)(C(=O)N[C@H]2C[N+]3(CCC4OCCO4)CCC2CC3)c2ccco2)cc1.[Br-]. The van der Waals surface area contributed by atoms with Crippen molar-refractivity contribution in [2.24, 2.45) is 5.92 Å². The third kappa shape index (κ3) is 5.81. The van der Waals surface area contributed by atoms with Crippen LogP contribution in [0.15, 0.2) is 47.1 Å². The Kier molecular flexibility index (Phi) is 8.78. The van der Waals surface area contributed by atoms with E-state index in [-0.39, 0.29) is 47.4 Å². The monoisotopic (exact) mass is 564 g/mol. The molecule has 36 heavy (non-hydrogen) atoms. The Hall–Kier alpha value is -1.91. The molecular formula is C27H37BrN2O6. The van der Waals surface area contributed by atoms with Crippen LogP contribution in [0, 0.1) is 5.92 Å². The molecular weight excluding hydrogens is 528 g/mol. The van der Waals surface area contributed by atoms with Crippen molar-refractivity contribution in [2.75, 3.05) is 46.5 Å². The Balaban J connectivity index is 0.00000304. The number of halogens is 1. The highest BCUT2D eigenvalue weighted by molar-refractivity contribution is 5.86. The summed E-state index contributed by atoms with van der Waals surface area (Å²) in [5.41, 5.74) is -0.710. The maximum Gasteiger partial charge on any atom is 0.260 e. The van der Waals surface area contributed by atoms with Crippen molar-refractivity contribution in [3.8, 4) is 5.75 Å². The summed E-state index contributed by atoms with van der Waals surface area (Å²) in [6, 6.07) is 11.1. The number of aliphatic hydroxyl groups is 1. The number of quaternary nitrogens is 1. The van der Waals surface area contributed by atoms with Gasteiger partial charge in [-0.05, 0) is 48.6 Å². The van der Waals surface area contributed by atoms with Crippen LogP contribution in [0.25, 0.3) is 0 Å². The van der Waals surface area contributed by atoms with Crippen molar-refractivity contribution in [3.63, 3.8) is 0 Å². The van der Waals surface area contributed by atoms with Crippen LogP contribution in [0.2, 0.25) is 0 Å². The largest absolute Gasteiger partial charge is 1.00 e. The quantitative estimate of drug-likeness (QED) is 0.382. The fourth-order valence-corrected chi connectivity index (χ4v) is 5.99. The molecule has 1 unspecified atom stereocenters. The number of rotatable bonds is 10. The van der Waals surface area contributed by atoms with E-state index in [2.05, 4.69) is 5.32 Å². The number of carbonyl (C=O) groups excluding carboxylic acids is 1. The molecule has 0 aliphatic carbocycles. The summed E-state index contributed by atoms with van der Waals surface area (Å²) in [6.07, 6.45) is 5.21. The van der Waals surface area contributed by atoms with Gasteiger partial charge in [0, 0.05) is 19.3 Å². The predicted octanol–water partition coefficient (Wildman–Crippen LogP) is -0.399. The van der Waals surface area contributed by atoms with Crippen molar-refractivity contribution < 1.29 is 50.0 Å². The molecule has 2 N–H and O–H groups in total. The molecule has 4 aliphatic rings. The lowest BCUT2D eigenvalue weighted by atomic mass is 9.80. The van der Waals surface area contributed by atoms with Gasteiger partial charge in [-0.1, -0.05) is 12.1 Å². The maximum absolute atomic E-state index is 13.6. The number of hydrogen-bond donors (Lipinski definition) is 2. The fourth-order valence-electron chi connectivity index (χ4n) is 5.99. The topological polar surface area (TPSA) is 90.2 Å². The molecule has 1 aromatic carbocycles. The Morgan fingerprint density at radius 1 is 1.17 bits per heavy atom. The van der Waals surface area contributed by atoms with Gasteiger partial charge in [-0.3, -0.25) is 4.79 Å². The summed E-state index contributed by atoms with van der Waals surface area (Å²) >= 11 is 0. The van der Waals surface area contributed by atoms with E-state index in [0.717, 1.165) is 61.2 Å². The highest BCUT2D eigenvalue weighted by atomic mass is 79.9. The molecule has 4 saturated heterocycles. The zero-order chi connectivity index (χ0) is 24.3. The fraction of sp³-hybridized carbons (Fsp3) is 0.593. The Bertz CT molecular complexity index is 971. The van der Waals surface area contributed by atoms with Gasteiger partial charge in [0.2, 0.25) is 5.60 Å². The summed E-state index contributed by atoms with van der Waals surface area (Å²) < 4.78 is 23.1. The summed E-state index contributed by atoms with van der Waals surface area (Å²) in [5.74, 6) is 1.13. The number of amides is 1. The number of aryl methyl sites for hydroxylation is 1. The first-order chi connectivity index (χ1) is 17.0. The molecule has 2 atom stereocenters. The van der Waals surface area contributed by atoms with Crippen LogP contribution in [0.4, 0.5) is 0 Å². The number of ether oxygens (including phenoxy) is 3. The van der Waals surface area contributed by atoms with E-state index in [1.54, 1.807) is 19.2 Å². The molecule has 8 nitrogen and oxygen atoms in total. The van der Waals surface area contributed by atoms with Crippen LogP contribution in [0.3, 0.4) is 0 Å². The van der Waals surface area contributed by atoms with E-state index < -0.39 is 5.60 Å². The van der Waals surface area contributed by atoms with Gasteiger partial charge in [-0.15, -0.1) is 0 Å². The number of benzene rings is 1. The number of piperidine rings is 3. The van der Waals surface area contributed by atoms with E-state index >= 15 is 0 Å². The number of hydrogen-bond acceptors (Lipinski definition) is 6. The van der Waals surface area contributed by atoms with Gasteiger partial charge >= 0.3 is 0 Å². The summed E-state index contributed by atoms with van der Waals surface area (Å²) in [4.78, 5) is 13.6. The average molecular weight is 566 g/mol. The summed E-state index contributed by atoms with van der Waals surface area (Å²) in [7, 11) is 1.63. The molecule has 4 fully saturated rings. The van der Waals surface area contributed by atoms with Gasteiger partial charge < -0.3 is 50.5 Å². The molecule has 1 aromatic heterocycles. The standard InChI is InChI=1S/C27H36N2O6.BrH/c1-32-22-6-4-20(5-7-22)8-12-27(31,24-3-2-16-33-24)26(30)28-23-19-29(13-9-21(23)10-14-29)15-11-25-34-17-18-35-25;/h2-7,16,21,23,25,31H,8-15,17-19H2,1H3;1H/t21?,23-,27?,29?;/m0./s1. The third-order valence-electron chi connectivity index (χ3n) is 8.19. The predicted molar refractivity (Wildman–Crippen MR) is 129 cm³/mol. The highest BCUT2D eigenvalue weighted by Gasteiger charge is 2.49. The molecule has 198 valence electrons. The summed E-state index contributed by atoms with van der Waals surface area (Å²) in [6.45, 7) is 5.48. The number of nitrogens with one attached hydrogen (secondary N) is 1. The molecule has 4 aliphatic heterocycles. The van der Waals surface area contributed by atoms with E-state index in [1.807, 2.05) is 24.3 Å². The van der Waals surface area contributed by atoms with Crippen LogP contribution in [0.5, 0.6) is 5.75 Å². The molecule has 6 rings (SSSR count). The number of fused-ring (bicyclic) bond motifs is 3. The van der Waals surface area contributed by atoms with Gasteiger partial charge in [0.25, 0.3) is 5.91 Å². The van der Waals surface area contributed by atoms with E-state index in [0.29, 0.717) is 25.6 Å². The first-order valence-corrected chi connectivity index (χ1v) is 12.8. The third-order valence-corrected chi connectivity index (χ3v) is 8.19. The molecule has 1 amide bonds. The summed E-state index contributed by atoms with van der Waals surface area (Å²) in [5, 5.41) is 14.9. The van der Waals surface area contributed by atoms with Crippen LogP contribution < -0.4 is 27.0 Å². The Morgan fingerprint density at radius 3 is 2.53 bits per heavy atom. The van der Waals surface area contributed by atoms with Gasteiger partial charge in [-0.25, -0.2) is 0 Å². The highest BCUT2D eigenvalue weighted by Crippen LogP contribution is 2.36. The van der Waals surface area contributed by atoms with Crippen LogP contribution in [0.1, 0.15) is 37.0 Å². The molecule has 2 bridgehead atoms. The van der Waals surface area contributed by atoms with Crippen molar-refractivity contribution >= 4 is 5.91 Å². The number of nitrogens with zero attached hydrogens (tertiary/aromatic N) is 1. The minimum absolute atomic E-state index is 0.